The summed E-state index contributed by atoms with van der Waals surface area (Å²) in [5.74, 6) is 0.341. The Kier molecular flexibility index (Phi) is 9.14. The van der Waals surface area contributed by atoms with Gasteiger partial charge in [-0.3, -0.25) is 9.69 Å². The molecule has 1 aromatic heterocycles. The van der Waals surface area contributed by atoms with E-state index in [1.165, 1.54) is 0 Å². The third kappa shape index (κ3) is 6.37. The van der Waals surface area contributed by atoms with Crippen LogP contribution in [0.25, 0.3) is 0 Å². The molecular weight excluding hydrogens is 405 g/mol. The monoisotopic (exact) mass is 429 g/mol. The van der Waals surface area contributed by atoms with Crippen LogP contribution in [0.2, 0.25) is 0 Å². The first-order valence-corrected chi connectivity index (χ1v) is 10.7. The maximum Gasteiger partial charge on any atom is 0.237 e. The quantitative estimate of drug-likeness (QED) is 0.755. The molecule has 3 rings (SSSR count). The van der Waals surface area contributed by atoms with Crippen molar-refractivity contribution in [2.24, 2.45) is 0 Å². The number of hydrogen-bond acceptors (Lipinski definition) is 6. The number of sulfone groups is 1. The molecule has 2 saturated heterocycles. The van der Waals surface area contributed by atoms with Gasteiger partial charge in [-0.1, -0.05) is 6.07 Å². The topological polar surface area (TPSA) is 69.7 Å². The van der Waals surface area contributed by atoms with Gasteiger partial charge in [-0.15, -0.1) is 36.2 Å². The normalized spacial score (nSPS) is 22.6. The lowest BCUT2D eigenvalue weighted by Crippen LogP contribution is -2.50. The molecule has 2 aliphatic rings. The zero-order valence-corrected chi connectivity index (χ0v) is 17.2. The number of piperazine rings is 1. The number of hydrogen-bond donors (Lipinski definition) is 1. The Morgan fingerprint density at radius 1 is 1.32 bits per heavy atom. The van der Waals surface area contributed by atoms with E-state index in [0.717, 1.165) is 31.1 Å². The van der Waals surface area contributed by atoms with Gasteiger partial charge < -0.3 is 10.2 Å². The highest BCUT2D eigenvalue weighted by atomic mass is 35.5. The first-order valence-electron chi connectivity index (χ1n) is 7.99. The second kappa shape index (κ2) is 10.1. The molecular formula is C15H25Cl2N3O3S2. The van der Waals surface area contributed by atoms with Crippen molar-refractivity contribution in [1.29, 1.82) is 0 Å². The van der Waals surface area contributed by atoms with E-state index in [2.05, 4.69) is 10.2 Å². The summed E-state index contributed by atoms with van der Waals surface area (Å²) in [6.45, 7) is 4.42. The number of nitrogens with zero attached hydrogens (tertiary/aromatic N) is 2. The van der Waals surface area contributed by atoms with Gasteiger partial charge in [0.1, 0.15) is 0 Å². The van der Waals surface area contributed by atoms with E-state index in [1.54, 1.807) is 16.2 Å². The van der Waals surface area contributed by atoms with Crippen molar-refractivity contribution >= 4 is 51.9 Å². The molecule has 0 spiro atoms. The molecule has 0 aliphatic carbocycles. The number of halogens is 2. The maximum atomic E-state index is 12.8. The summed E-state index contributed by atoms with van der Waals surface area (Å²) in [6, 6.07) is 3.78. The first-order chi connectivity index (χ1) is 11.0. The third-order valence-electron chi connectivity index (χ3n) is 4.44. The molecule has 144 valence electrons. The van der Waals surface area contributed by atoms with Gasteiger partial charge in [-0.2, -0.15) is 0 Å². The molecule has 2 fully saturated rings. The summed E-state index contributed by atoms with van der Waals surface area (Å²) < 4.78 is 23.6. The standard InChI is InChI=1S/C15H23N3O3S2.2ClH/c19-15(11-17-6-4-16-5-7-17)18(10-14-2-1-8-22-14)13-3-9-23(20,21)12-13;;/h1-2,8,13,16H,3-7,9-12H2;2*1H. The highest BCUT2D eigenvalue weighted by Crippen LogP contribution is 2.22. The zero-order valence-electron chi connectivity index (χ0n) is 13.9. The predicted octanol–water partition coefficient (Wildman–Crippen LogP) is 1.01. The summed E-state index contributed by atoms with van der Waals surface area (Å²) in [5, 5.41) is 5.26. The molecule has 1 amide bonds. The Bertz CT molecular complexity index is 634. The second-order valence-corrected chi connectivity index (χ2v) is 9.44. The molecule has 1 aromatic rings. The van der Waals surface area contributed by atoms with Gasteiger partial charge in [0.2, 0.25) is 5.91 Å². The molecule has 10 heteroatoms. The molecule has 0 radical (unpaired) electrons. The van der Waals surface area contributed by atoms with Crippen LogP contribution >= 0.6 is 36.2 Å². The number of carbonyl (C=O) groups is 1. The van der Waals surface area contributed by atoms with Gasteiger partial charge in [0, 0.05) is 37.1 Å². The van der Waals surface area contributed by atoms with Gasteiger partial charge in [-0.25, -0.2) is 8.42 Å². The van der Waals surface area contributed by atoms with Crippen molar-refractivity contribution in [2.45, 2.75) is 19.0 Å². The summed E-state index contributed by atoms with van der Waals surface area (Å²) in [6.07, 6.45) is 0.557. The average Bonchev–Trinajstić information content (AvgIpc) is 3.15. The summed E-state index contributed by atoms with van der Waals surface area (Å²) in [7, 11) is -3.00. The molecule has 1 N–H and O–H groups in total. The number of amides is 1. The van der Waals surface area contributed by atoms with E-state index in [0.29, 0.717) is 19.5 Å². The number of nitrogens with one attached hydrogen (secondary N) is 1. The fraction of sp³-hybridized carbons (Fsp3) is 0.667. The Labute approximate surface area is 165 Å². The van der Waals surface area contributed by atoms with E-state index in [-0.39, 0.29) is 48.3 Å². The number of rotatable bonds is 5. The molecule has 2 aliphatic heterocycles. The van der Waals surface area contributed by atoms with Crippen molar-refractivity contribution in [3.63, 3.8) is 0 Å². The lowest BCUT2D eigenvalue weighted by atomic mass is 10.2. The van der Waals surface area contributed by atoms with E-state index >= 15 is 0 Å². The van der Waals surface area contributed by atoms with Crippen LogP contribution in [0.3, 0.4) is 0 Å². The molecule has 0 saturated carbocycles. The Hall–Kier alpha value is -0.380. The Morgan fingerprint density at radius 3 is 2.60 bits per heavy atom. The average molecular weight is 430 g/mol. The van der Waals surface area contributed by atoms with Crippen LogP contribution in [0.1, 0.15) is 11.3 Å². The fourth-order valence-electron chi connectivity index (χ4n) is 3.16. The smallest absolute Gasteiger partial charge is 0.237 e. The van der Waals surface area contributed by atoms with Crippen LogP contribution in [0.15, 0.2) is 17.5 Å². The lowest BCUT2D eigenvalue weighted by molar-refractivity contribution is -0.135. The molecule has 1 unspecified atom stereocenters. The van der Waals surface area contributed by atoms with E-state index in [4.69, 9.17) is 0 Å². The van der Waals surface area contributed by atoms with E-state index < -0.39 is 9.84 Å². The third-order valence-corrected chi connectivity index (χ3v) is 7.06. The molecule has 3 heterocycles. The molecule has 25 heavy (non-hydrogen) atoms. The van der Waals surface area contributed by atoms with Crippen molar-refractivity contribution in [2.75, 3.05) is 44.2 Å². The second-order valence-electron chi connectivity index (χ2n) is 6.18. The van der Waals surface area contributed by atoms with Gasteiger partial charge in [-0.05, 0) is 17.9 Å². The number of carbonyl (C=O) groups excluding carboxylic acids is 1. The minimum Gasteiger partial charge on any atom is -0.332 e. The molecule has 0 aromatic carbocycles. The lowest BCUT2D eigenvalue weighted by Gasteiger charge is -2.32. The van der Waals surface area contributed by atoms with Crippen LogP contribution in [-0.4, -0.2) is 74.4 Å². The summed E-state index contributed by atoms with van der Waals surface area (Å²) in [4.78, 5) is 17.8. The van der Waals surface area contributed by atoms with Gasteiger partial charge in [0.25, 0.3) is 0 Å². The summed E-state index contributed by atoms with van der Waals surface area (Å²) >= 11 is 1.61. The van der Waals surface area contributed by atoms with Crippen LogP contribution < -0.4 is 5.32 Å². The van der Waals surface area contributed by atoms with E-state index in [1.807, 2.05) is 17.5 Å². The fourth-order valence-corrected chi connectivity index (χ4v) is 5.60. The van der Waals surface area contributed by atoms with Gasteiger partial charge in [0.05, 0.1) is 24.6 Å². The molecule has 6 nitrogen and oxygen atoms in total. The molecule has 1 atom stereocenters. The highest BCUT2D eigenvalue weighted by molar-refractivity contribution is 7.91. The first kappa shape index (κ1) is 22.7. The zero-order chi connectivity index (χ0) is 16.3. The number of thiophene rings is 1. The largest absolute Gasteiger partial charge is 0.332 e. The Morgan fingerprint density at radius 2 is 2.04 bits per heavy atom. The van der Waals surface area contributed by atoms with Crippen molar-refractivity contribution in [3.8, 4) is 0 Å². The SMILES string of the molecule is Cl.Cl.O=C(CN1CCNCC1)N(Cc1cccs1)C1CCS(=O)(=O)C1. The van der Waals surface area contributed by atoms with Gasteiger partial charge in [0.15, 0.2) is 9.84 Å². The Balaban J connectivity index is 0.00000156. The van der Waals surface area contributed by atoms with Crippen LogP contribution in [-0.2, 0) is 21.2 Å². The minimum atomic E-state index is -3.00. The minimum absolute atomic E-state index is 0. The summed E-state index contributed by atoms with van der Waals surface area (Å²) in [5.41, 5.74) is 0. The highest BCUT2D eigenvalue weighted by Gasteiger charge is 2.35. The van der Waals surface area contributed by atoms with Gasteiger partial charge >= 0.3 is 0 Å². The van der Waals surface area contributed by atoms with Crippen LogP contribution in [0, 0.1) is 0 Å². The molecule has 0 bridgehead atoms. The van der Waals surface area contributed by atoms with Crippen LogP contribution in [0.4, 0.5) is 0 Å². The van der Waals surface area contributed by atoms with Crippen LogP contribution in [0.5, 0.6) is 0 Å². The van der Waals surface area contributed by atoms with Crippen molar-refractivity contribution in [3.05, 3.63) is 22.4 Å². The maximum absolute atomic E-state index is 12.8. The predicted molar refractivity (Wildman–Crippen MR) is 106 cm³/mol. The van der Waals surface area contributed by atoms with Crippen molar-refractivity contribution in [1.82, 2.24) is 15.1 Å². The van der Waals surface area contributed by atoms with Crippen molar-refractivity contribution < 1.29 is 13.2 Å². The van der Waals surface area contributed by atoms with E-state index in [9.17, 15) is 13.2 Å².